The van der Waals surface area contributed by atoms with Crippen LogP contribution < -0.4 is 19.5 Å². The van der Waals surface area contributed by atoms with Crippen LogP contribution in [0.5, 0.6) is 17.2 Å². The normalized spacial score (nSPS) is 11.4. The number of furan rings is 1. The molecule has 0 unspecified atom stereocenters. The minimum Gasteiger partial charge on any atom is -0.493 e. The fourth-order valence-corrected chi connectivity index (χ4v) is 3.86. The summed E-state index contributed by atoms with van der Waals surface area (Å²) in [6, 6.07) is 12.8. The molecule has 0 aliphatic carbocycles. The van der Waals surface area contributed by atoms with Gasteiger partial charge in [-0.2, -0.15) is 0 Å². The number of amides is 1. The number of hydrogen-bond donors (Lipinski definition) is 1. The van der Waals surface area contributed by atoms with Gasteiger partial charge in [-0.3, -0.25) is 4.79 Å². The van der Waals surface area contributed by atoms with Gasteiger partial charge in [-0.25, -0.2) is 4.98 Å². The second-order valence-corrected chi connectivity index (χ2v) is 8.11. The maximum Gasteiger partial charge on any atom is 0.249 e. The minimum absolute atomic E-state index is 0.313. The van der Waals surface area contributed by atoms with Crippen molar-refractivity contribution in [2.45, 2.75) is 13.8 Å². The molecule has 0 atom stereocenters. The molecular formula is C27H25ClN2O5. The zero-order chi connectivity index (χ0) is 24.9. The van der Waals surface area contributed by atoms with Gasteiger partial charge in [0.2, 0.25) is 5.91 Å². The summed E-state index contributed by atoms with van der Waals surface area (Å²) in [5.74, 6) is 1.98. The van der Waals surface area contributed by atoms with Crippen molar-refractivity contribution in [1.82, 2.24) is 4.98 Å². The van der Waals surface area contributed by atoms with Crippen molar-refractivity contribution in [1.29, 1.82) is 0 Å². The Morgan fingerprint density at radius 1 is 1.09 bits per heavy atom. The topological polar surface area (TPSA) is 82.8 Å². The Kier molecular flexibility index (Phi) is 7.27. The van der Waals surface area contributed by atoms with E-state index in [1.54, 1.807) is 32.6 Å². The van der Waals surface area contributed by atoms with Crippen LogP contribution >= 0.6 is 11.6 Å². The zero-order valence-electron chi connectivity index (χ0n) is 19.8. The van der Waals surface area contributed by atoms with Crippen molar-refractivity contribution in [3.63, 3.8) is 0 Å². The fourth-order valence-electron chi connectivity index (χ4n) is 3.75. The number of allylic oxidation sites excluding steroid dienone is 1. The van der Waals surface area contributed by atoms with Gasteiger partial charge in [-0.15, -0.1) is 0 Å². The molecule has 1 N–H and O–H groups in total. The lowest BCUT2D eigenvalue weighted by atomic mass is 9.99. The second-order valence-electron chi connectivity index (χ2n) is 7.67. The van der Waals surface area contributed by atoms with Crippen molar-refractivity contribution in [2.24, 2.45) is 0 Å². The second kappa shape index (κ2) is 10.5. The molecule has 35 heavy (non-hydrogen) atoms. The molecule has 4 aromatic rings. The molecule has 0 aliphatic rings. The zero-order valence-corrected chi connectivity index (χ0v) is 20.6. The number of aromatic nitrogens is 1. The maximum atomic E-state index is 12.6. The van der Waals surface area contributed by atoms with Crippen LogP contribution in [-0.4, -0.2) is 31.7 Å². The van der Waals surface area contributed by atoms with Crippen molar-refractivity contribution in [3.05, 3.63) is 71.6 Å². The van der Waals surface area contributed by atoms with Crippen LogP contribution in [0.4, 0.5) is 5.82 Å². The first-order valence-electron chi connectivity index (χ1n) is 10.9. The van der Waals surface area contributed by atoms with E-state index >= 15 is 0 Å². The molecule has 0 spiro atoms. The molecule has 0 saturated carbocycles. The minimum atomic E-state index is -0.313. The lowest BCUT2D eigenvalue weighted by Gasteiger charge is -2.12. The highest BCUT2D eigenvalue weighted by molar-refractivity contribution is 6.30. The molecule has 8 heteroatoms. The highest BCUT2D eigenvalue weighted by atomic mass is 35.5. The van der Waals surface area contributed by atoms with Crippen LogP contribution in [0.2, 0.25) is 5.02 Å². The highest BCUT2D eigenvalue weighted by Gasteiger charge is 2.17. The van der Waals surface area contributed by atoms with Gasteiger partial charge in [-0.1, -0.05) is 17.7 Å². The summed E-state index contributed by atoms with van der Waals surface area (Å²) in [5.41, 5.74) is 3.96. The average molecular weight is 493 g/mol. The molecule has 0 saturated heterocycles. The van der Waals surface area contributed by atoms with Gasteiger partial charge in [0.25, 0.3) is 0 Å². The monoisotopic (exact) mass is 492 g/mol. The van der Waals surface area contributed by atoms with Gasteiger partial charge in [0, 0.05) is 34.9 Å². The largest absolute Gasteiger partial charge is 0.493 e. The predicted molar refractivity (Wildman–Crippen MR) is 137 cm³/mol. The number of rotatable bonds is 8. The molecule has 7 nitrogen and oxygen atoms in total. The molecule has 1 amide bonds. The highest BCUT2D eigenvalue weighted by Crippen LogP contribution is 2.40. The van der Waals surface area contributed by atoms with E-state index in [9.17, 15) is 4.79 Å². The quantitative estimate of drug-likeness (QED) is 0.279. The Morgan fingerprint density at radius 2 is 1.89 bits per heavy atom. The van der Waals surface area contributed by atoms with E-state index in [1.807, 2.05) is 44.2 Å². The molecule has 2 aromatic heterocycles. The molecule has 2 aromatic carbocycles. The van der Waals surface area contributed by atoms with Gasteiger partial charge in [-0.05, 0) is 55.3 Å². The number of carbonyl (C=O) groups is 1. The van der Waals surface area contributed by atoms with Crippen molar-refractivity contribution in [3.8, 4) is 28.4 Å². The third kappa shape index (κ3) is 5.25. The van der Waals surface area contributed by atoms with Gasteiger partial charge in [0.05, 0.1) is 32.1 Å². The standard InChI is InChI=1S/C27H25ClN2O5/c1-5-34-23-13-24-20(21(15-35-24)17-6-8-22(32-3)25(11-17)33-4)12-19(23)16(2)10-27(31)30-26-9-7-18(28)14-29-26/h6-15H,5H2,1-4H3,(H,29,30,31)/b16-10+. The van der Waals surface area contributed by atoms with E-state index < -0.39 is 0 Å². The fraction of sp³-hybridized carbons (Fsp3) is 0.185. The van der Waals surface area contributed by atoms with Crippen molar-refractivity contribution in [2.75, 3.05) is 26.1 Å². The van der Waals surface area contributed by atoms with Crippen LogP contribution in [0.15, 0.2) is 65.4 Å². The maximum absolute atomic E-state index is 12.6. The van der Waals surface area contributed by atoms with E-state index in [1.165, 1.54) is 12.3 Å². The molecule has 0 aliphatic heterocycles. The van der Waals surface area contributed by atoms with Gasteiger partial charge in [0.15, 0.2) is 11.5 Å². The number of halogens is 1. The third-order valence-corrected chi connectivity index (χ3v) is 5.64. The SMILES string of the molecule is CCOc1cc2occ(-c3ccc(OC)c(OC)c3)c2cc1/C(C)=C/C(=O)Nc1ccc(Cl)cn1. The first-order chi connectivity index (χ1) is 16.9. The van der Waals surface area contributed by atoms with Crippen LogP contribution in [0, 0.1) is 0 Å². The Morgan fingerprint density at radius 3 is 2.57 bits per heavy atom. The number of benzene rings is 2. The molecule has 4 rings (SSSR count). The number of nitrogens with zero attached hydrogens (tertiary/aromatic N) is 1. The Labute approximate surface area is 208 Å². The van der Waals surface area contributed by atoms with Crippen LogP contribution in [0.25, 0.3) is 27.7 Å². The van der Waals surface area contributed by atoms with E-state index in [-0.39, 0.29) is 5.91 Å². The van der Waals surface area contributed by atoms with Crippen molar-refractivity contribution < 1.29 is 23.4 Å². The summed E-state index contributed by atoms with van der Waals surface area (Å²) in [6.45, 7) is 4.23. The van der Waals surface area contributed by atoms with Gasteiger partial charge in [0.1, 0.15) is 17.2 Å². The Bertz CT molecular complexity index is 1390. The van der Waals surface area contributed by atoms with Crippen LogP contribution in [0.3, 0.4) is 0 Å². The average Bonchev–Trinajstić information content (AvgIpc) is 3.27. The van der Waals surface area contributed by atoms with Crippen LogP contribution in [-0.2, 0) is 4.79 Å². The lowest BCUT2D eigenvalue weighted by molar-refractivity contribution is -0.111. The van der Waals surface area contributed by atoms with Crippen LogP contribution in [0.1, 0.15) is 19.4 Å². The molecule has 0 radical (unpaired) electrons. The van der Waals surface area contributed by atoms with E-state index in [2.05, 4.69) is 10.3 Å². The van der Waals surface area contributed by atoms with E-state index in [0.717, 1.165) is 27.6 Å². The summed E-state index contributed by atoms with van der Waals surface area (Å²) in [6.07, 6.45) is 4.68. The number of ether oxygens (including phenoxy) is 3. The van der Waals surface area contributed by atoms with E-state index in [4.69, 9.17) is 30.2 Å². The lowest BCUT2D eigenvalue weighted by Crippen LogP contribution is -2.10. The molecule has 0 bridgehead atoms. The first kappa shape index (κ1) is 24.2. The summed E-state index contributed by atoms with van der Waals surface area (Å²) in [5, 5.41) is 4.12. The molecule has 2 heterocycles. The number of fused-ring (bicyclic) bond motifs is 1. The van der Waals surface area contributed by atoms with Gasteiger partial charge >= 0.3 is 0 Å². The van der Waals surface area contributed by atoms with Gasteiger partial charge < -0.3 is 23.9 Å². The molecule has 180 valence electrons. The summed E-state index contributed by atoms with van der Waals surface area (Å²) in [7, 11) is 3.20. The van der Waals surface area contributed by atoms with Crippen molar-refractivity contribution >= 4 is 39.9 Å². The number of anilines is 1. The molecular weight excluding hydrogens is 468 g/mol. The number of carbonyl (C=O) groups excluding carboxylic acids is 1. The Balaban J connectivity index is 1.73. The third-order valence-electron chi connectivity index (χ3n) is 5.42. The number of pyridine rings is 1. The first-order valence-corrected chi connectivity index (χ1v) is 11.3. The van der Waals surface area contributed by atoms with E-state index in [0.29, 0.717) is 40.3 Å². The summed E-state index contributed by atoms with van der Waals surface area (Å²) >= 11 is 5.87. The number of nitrogens with one attached hydrogen (secondary N) is 1. The Hall–Kier alpha value is -3.97. The smallest absolute Gasteiger partial charge is 0.249 e. The summed E-state index contributed by atoms with van der Waals surface area (Å²) < 4.78 is 22.5. The number of hydrogen-bond acceptors (Lipinski definition) is 6. The predicted octanol–water partition coefficient (Wildman–Crippen LogP) is 6.61. The number of methoxy groups -OCH3 is 2. The molecule has 0 fully saturated rings. The summed E-state index contributed by atoms with van der Waals surface area (Å²) in [4.78, 5) is 16.7.